The minimum Gasteiger partial charge on any atom is -0.478 e. The molecule has 32 heavy (non-hydrogen) atoms. The van der Waals surface area contributed by atoms with Crippen molar-refractivity contribution >= 4 is 23.1 Å². The number of rotatable bonds is 5. The second-order valence-corrected chi connectivity index (χ2v) is 8.31. The number of aromatic carboxylic acids is 1. The number of nitrogens with zero attached hydrogens (tertiary/aromatic N) is 3. The van der Waals surface area contributed by atoms with Crippen LogP contribution < -0.4 is 15.8 Å². The van der Waals surface area contributed by atoms with Crippen LogP contribution in [0.5, 0.6) is 0 Å². The Balaban J connectivity index is 1.83. The third-order valence-corrected chi connectivity index (χ3v) is 6.02. The van der Waals surface area contributed by atoms with Crippen molar-refractivity contribution in [3.8, 4) is 0 Å². The first-order valence-corrected chi connectivity index (χ1v) is 10.3. The highest BCUT2D eigenvalue weighted by Crippen LogP contribution is 2.38. The molecule has 2 atom stereocenters. The quantitative estimate of drug-likeness (QED) is 0.621. The molecular formula is C23H24F2N4O3. The summed E-state index contributed by atoms with van der Waals surface area (Å²) in [4.78, 5) is 30.7. The monoisotopic (exact) mass is 442 g/mol. The first-order chi connectivity index (χ1) is 15.0. The molecule has 1 fully saturated rings. The number of para-hydroxylation sites is 1. The van der Waals surface area contributed by atoms with Gasteiger partial charge in [-0.3, -0.25) is 9.20 Å². The van der Waals surface area contributed by atoms with Crippen molar-refractivity contribution in [1.29, 1.82) is 0 Å². The highest BCUT2D eigenvalue weighted by molar-refractivity contribution is 5.94. The fraction of sp³-hybridized carbons (Fsp3) is 0.348. The Morgan fingerprint density at radius 3 is 2.62 bits per heavy atom. The second kappa shape index (κ2) is 7.58. The van der Waals surface area contributed by atoms with Crippen molar-refractivity contribution < 1.29 is 18.7 Å². The smallest absolute Gasteiger partial charge is 0.337 e. The normalized spacial score (nSPS) is 18.3. The summed E-state index contributed by atoms with van der Waals surface area (Å²) in [5, 5.41) is 12.7. The number of anilines is 2. The lowest BCUT2D eigenvalue weighted by molar-refractivity contribution is -0.0644. The van der Waals surface area contributed by atoms with Gasteiger partial charge in [-0.1, -0.05) is 12.1 Å². The topological polar surface area (TPSA) is 86.9 Å². The van der Waals surface area contributed by atoms with Crippen molar-refractivity contribution in [2.24, 2.45) is 0 Å². The molecule has 7 nitrogen and oxygen atoms in total. The van der Waals surface area contributed by atoms with Crippen molar-refractivity contribution in [1.82, 2.24) is 9.38 Å². The number of carboxylic acid groups (broad SMARTS) is 1. The maximum Gasteiger partial charge on any atom is 0.337 e. The molecule has 0 radical (unpaired) electrons. The Morgan fingerprint density at radius 2 is 2.00 bits per heavy atom. The molecule has 4 rings (SSSR count). The minimum atomic E-state index is -2.83. The van der Waals surface area contributed by atoms with E-state index >= 15 is 0 Å². The van der Waals surface area contributed by atoms with Crippen molar-refractivity contribution in [2.75, 3.05) is 16.8 Å². The van der Waals surface area contributed by atoms with Gasteiger partial charge in [0.1, 0.15) is 11.5 Å². The standard InChI is InChI=1S/C23H24F2N4O3/c1-12-9-17(14(3)26-18-8-6-5-7-16(18)22(31)32)20-27-19(13(2)21(30)28(20)10-12)29-11-23(24,25)15(29)4/h5-10,14-15,26H,11H2,1-4H3,(H,31,32)/t14-,15?/m1/s1. The Morgan fingerprint density at radius 1 is 1.31 bits per heavy atom. The zero-order valence-corrected chi connectivity index (χ0v) is 18.2. The van der Waals surface area contributed by atoms with E-state index in [0.717, 1.165) is 5.56 Å². The summed E-state index contributed by atoms with van der Waals surface area (Å²) in [6.45, 7) is 6.19. The van der Waals surface area contributed by atoms with Crippen molar-refractivity contribution in [3.63, 3.8) is 0 Å². The average Bonchev–Trinajstić information content (AvgIpc) is 2.74. The molecule has 1 saturated heterocycles. The Bertz CT molecular complexity index is 1290. The maximum atomic E-state index is 13.8. The van der Waals surface area contributed by atoms with Crippen LogP contribution in [0.15, 0.2) is 41.3 Å². The number of aromatic nitrogens is 2. The lowest BCUT2D eigenvalue weighted by atomic mass is 9.99. The van der Waals surface area contributed by atoms with Gasteiger partial charge < -0.3 is 15.3 Å². The van der Waals surface area contributed by atoms with Gasteiger partial charge in [-0.2, -0.15) is 0 Å². The molecule has 168 valence electrons. The summed E-state index contributed by atoms with van der Waals surface area (Å²) in [6, 6.07) is 6.92. The molecule has 0 amide bonds. The van der Waals surface area contributed by atoms with E-state index in [-0.39, 0.29) is 16.9 Å². The van der Waals surface area contributed by atoms with E-state index in [9.17, 15) is 23.5 Å². The molecule has 3 aromatic rings. The van der Waals surface area contributed by atoms with Crippen molar-refractivity contribution in [2.45, 2.75) is 45.7 Å². The molecule has 9 heteroatoms. The number of aryl methyl sites for hydroxylation is 1. The fourth-order valence-electron chi connectivity index (χ4n) is 4.06. The predicted octanol–water partition coefficient (Wildman–Crippen LogP) is 4.03. The van der Waals surface area contributed by atoms with Crippen LogP contribution in [-0.2, 0) is 0 Å². The van der Waals surface area contributed by atoms with Crippen LogP contribution in [0.25, 0.3) is 5.65 Å². The fourth-order valence-corrected chi connectivity index (χ4v) is 4.06. The van der Waals surface area contributed by atoms with E-state index < -0.39 is 30.5 Å². The first kappa shape index (κ1) is 21.7. The molecule has 0 aliphatic carbocycles. The maximum absolute atomic E-state index is 13.8. The zero-order chi connectivity index (χ0) is 23.4. The second-order valence-electron chi connectivity index (χ2n) is 8.31. The number of nitrogens with one attached hydrogen (secondary N) is 1. The van der Waals surface area contributed by atoms with Crippen LogP contribution in [0, 0.1) is 13.8 Å². The van der Waals surface area contributed by atoms with Gasteiger partial charge in [0.05, 0.1) is 29.8 Å². The van der Waals surface area contributed by atoms with Gasteiger partial charge in [0.15, 0.2) is 0 Å². The van der Waals surface area contributed by atoms with E-state index in [1.54, 1.807) is 31.3 Å². The Hall–Kier alpha value is -3.49. The van der Waals surface area contributed by atoms with E-state index in [1.807, 2.05) is 19.9 Å². The third kappa shape index (κ3) is 3.47. The molecule has 1 aromatic carbocycles. The largest absolute Gasteiger partial charge is 0.478 e. The van der Waals surface area contributed by atoms with Gasteiger partial charge in [0.2, 0.25) is 0 Å². The van der Waals surface area contributed by atoms with Crippen LogP contribution in [0.1, 0.15) is 46.9 Å². The summed E-state index contributed by atoms with van der Waals surface area (Å²) in [5.41, 5.74) is 2.34. The molecule has 3 heterocycles. The SMILES string of the molecule is Cc1cc([C@@H](C)Nc2ccccc2C(=O)O)c2nc(N3CC(F)(F)C3C)c(C)c(=O)n2c1. The molecule has 0 bridgehead atoms. The van der Waals surface area contributed by atoms with E-state index in [1.165, 1.54) is 22.3 Å². The molecular weight excluding hydrogens is 418 g/mol. The lowest BCUT2D eigenvalue weighted by Gasteiger charge is -2.47. The van der Waals surface area contributed by atoms with Gasteiger partial charge in [-0.15, -0.1) is 0 Å². The van der Waals surface area contributed by atoms with Gasteiger partial charge in [-0.05, 0) is 51.5 Å². The predicted molar refractivity (Wildman–Crippen MR) is 118 cm³/mol. The number of benzene rings is 1. The molecule has 0 spiro atoms. The number of alkyl halides is 2. The van der Waals surface area contributed by atoms with Crippen LogP contribution in [-0.4, -0.2) is 39.0 Å². The van der Waals surface area contributed by atoms with Crippen molar-refractivity contribution in [3.05, 3.63) is 69.1 Å². The first-order valence-electron chi connectivity index (χ1n) is 10.3. The summed E-state index contributed by atoms with van der Waals surface area (Å²) in [5.74, 6) is -3.64. The number of carbonyl (C=O) groups is 1. The minimum absolute atomic E-state index is 0.120. The molecule has 1 aliphatic rings. The summed E-state index contributed by atoms with van der Waals surface area (Å²) in [7, 11) is 0. The Kier molecular flexibility index (Phi) is 5.15. The summed E-state index contributed by atoms with van der Waals surface area (Å²) < 4.78 is 29.0. The van der Waals surface area contributed by atoms with Crippen LogP contribution in [0.3, 0.4) is 0 Å². The van der Waals surface area contributed by atoms with Gasteiger partial charge in [0.25, 0.3) is 11.5 Å². The number of fused-ring (bicyclic) bond motifs is 1. The highest BCUT2D eigenvalue weighted by Gasteiger charge is 2.53. The molecule has 2 N–H and O–H groups in total. The van der Waals surface area contributed by atoms with E-state index in [2.05, 4.69) is 10.3 Å². The molecule has 1 unspecified atom stereocenters. The molecule has 1 aliphatic heterocycles. The Labute approximate surface area is 183 Å². The molecule has 2 aromatic heterocycles. The van der Waals surface area contributed by atoms with Gasteiger partial charge in [0, 0.05) is 17.4 Å². The third-order valence-electron chi connectivity index (χ3n) is 6.02. The number of halogens is 2. The van der Waals surface area contributed by atoms with Gasteiger partial charge in [-0.25, -0.2) is 18.6 Å². The number of hydrogen-bond acceptors (Lipinski definition) is 5. The van der Waals surface area contributed by atoms with Gasteiger partial charge >= 0.3 is 5.97 Å². The highest BCUT2D eigenvalue weighted by atomic mass is 19.3. The average molecular weight is 442 g/mol. The summed E-state index contributed by atoms with van der Waals surface area (Å²) >= 11 is 0. The van der Waals surface area contributed by atoms with Crippen LogP contribution >= 0.6 is 0 Å². The van der Waals surface area contributed by atoms with E-state index in [4.69, 9.17) is 0 Å². The number of hydrogen-bond donors (Lipinski definition) is 2. The number of pyridine rings is 1. The summed E-state index contributed by atoms with van der Waals surface area (Å²) in [6.07, 6.45) is 1.66. The van der Waals surface area contributed by atoms with Crippen LogP contribution in [0.2, 0.25) is 0 Å². The lowest BCUT2D eigenvalue weighted by Crippen LogP contribution is -2.64. The number of carboxylic acids is 1. The zero-order valence-electron chi connectivity index (χ0n) is 18.2. The van der Waals surface area contributed by atoms with Crippen LogP contribution in [0.4, 0.5) is 20.3 Å². The van der Waals surface area contributed by atoms with E-state index in [0.29, 0.717) is 22.5 Å². The molecule has 0 saturated carbocycles.